The van der Waals surface area contributed by atoms with Gasteiger partial charge in [-0.1, -0.05) is 0 Å². The van der Waals surface area contributed by atoms with Crippen molar-refractivity contribution in [2.75, 3.05) is 7.11 Å². The zero-order valence-corrected chi connectivity index (χ0v) is 10.1. The molecule has 1 atom stereocenters. The number of ether oxygens (including phenoxy) is 1. The van der Waals surface area contributed by atoms with E-state index in [4.69, 9.17) is 5.73 Å². The van der Waals surface area contributed by atoms with Crippen LogP contribution in [0.3, 0.4) is 0 Å². The average Bonchev–Trinajstić information content (AvgIpc) is 2.24. The number of carbonyl (C=O) groups is 1. The number of hydrogen-bond acceptors (Lipinski definition) is 3. The van der Waals surface area contributed by atoms with E-state index >= 15 is 0 Å². The summed E-state index contributed by atoms with van der Waals surface area (Å²) in [6.45, 7) is 0. The fraction of sp³-hybridized carbons (Fsp3) is 0.300. The Morgan fingerprint density at radius 1 is 1.50 bits per heavy atom. The van der Waals surface area contributed by atoms with Crippen LogP contribution in [0, 0.1) is 11.6 Å². The number of methoxy groups -OCH3 is 1. The molecule has 0 heterocycles. The molecule has 0 aliphatic carbocycles. The number of rotatable bonds is 3. The molecule has 0 saturated carbocycles. The normalized spacial score (nSPS) is 12.3. The van der Waals surface area contributed by atoms with Crippen LogP contribution in [-0.4, -0.2) is 19.1 Å². The molecule has 0 radical (unpaired) electrons. The molecule has 0 aliphatic rings. The average molecular weight is 294 g/mol. The van der Waals surface area contributed by atoms with E-state index < -0.39 is 23.6 Å². The summed E-state index contributed by atoms with van der Waals surface area (Å²) in [6, 6.07) is 1.32. The first-order valence-corrected chi connectivity index (χ1v) is 5.21. The maximum atomic E-state index is 13.1. The van der Waals surface area contributed by atoms with Crippen molar-refractivity contribution in [2.45, 2.75) is 12.5 Å². The van der Waals surface area contributed by atoms with Crippen LogP contribution in [0.5, 0.6) is 0 Å². The van der Waals surface area contributed by atoms with Crippen LogP contribution in [0.1, 0.15) is 5.56 Å². The maximum absolute atomic E-state index is 13.1. The van der Waals surface area contributed by atoms with E-state index in [1.165, 1.54) is 7.11 Å². The van der Waals surface area contributed by atoms with Crippen molar-refractivity contribution in [2.24, 2.45) is 5.73 Å². The van der Waals surface area contributed by atoms with Crippen molar-refractivity contribution in [1.82, 2.24) is 0 Å². The Hall–Kier alpha value is -1.01. The lowest BCUT2D eigenvalue weighted by Crippen LogP contribution is -2.33. The summed E-state index contributed by atoms with van der Waals surface area (Å²) < 4.78 is 30.4. The SMILES string of the molecule is COC(=O)[C@@H](N)Cc1cc(F)c(Br)c(F)c1. The maximum Gasteiger partial charge on any atom is 0.322 e. The first-order chi connectivity index (χ1) is 7.45. The third-order valence-corrected chi connectivity index (χ3v) is 2.76. The van der Waals surface area contributed by atoms with Crippen molar-refractivity contribution in [3.05, 3.63) is 33.8 Å². The molecule has 6 heteroatoms. The van der Waals surface area contributed by atoms with Crippen LogP contribution in [0.2, 0.25) is 0 Å². The Morgan fingerprint density at radius 3 is 2.44 bits per heavy atom. The molecule has 3 nitrogen and oxygen atoms in total. The van der Waals surface area contributed by atoms with Gasteiger partial charge in [0.1, 0.15) is 17.7 Å². The minimum Gasteiger partial charge on any atom is -0.468 e. The number of nitrogens with two attached hydrogens (primary N) is 1. The molecule has 0 amide bonds. The molecule has 88 valence electrons. The number of esters is 1. The lowest BCUT2D eigenvalue weighted by Gasteiger charge is -2.09. The molecule has 0 aromatic heterocycles. The van der Waals surface area contributed by atoms with E-state index in [1.54, 1.807) is 0 Å². The van der Waals surface area contributed by atoms with Crippen molar-refractivity contribution in [1.29, 1.82) is 0 Å². The van der Waals surface area contributed by atoms with Crippen molar-refractivity contribution >= 4 is 21.9 Å². The summed E-state index contributed by atoms with van der Waals surface area (Å²) in [7, 11) is 1.20. The van der Waals surface area contributed by atoms with E-state index in [9.17, 15) is 13.6 Å². The van der Waals surface area contributed by atoms with Gasteiger partial charge in [0.05, 0.1) is 11.6 Å². The summed E-state index contributed by atoms with van der Waals surface area (Å²) in [5, 5.41) is 0. The Balaban J connectivity index is 2.86. The highest BCUT2D eigenvalue weighted by molar-refractivity contribution is 9.10. The summed E-state index contributed by atoms with van der Waals surface area (Å²) in [5.74, 6) is -2.08. The van der Waals surface area contributed by atoms with Crippen molar-refractivity contribution in [3.63, 3.8) is 0 Å². The van der Waals surface area contributed by atoms with E-state index in [2.05, 4.69) is 20.7 Å². The molecule has 0 fully saturated rings. The predicted molar refractivity (Wildman–Crippen MR) is 57.8 cm³/mol. The van der Waals surface area contributed by atoms with Gasteiger partial charge in [0.25, 0.3) is 0 Å². The quantitative estimate of drug-likeness (QED) is 0.683. The second kappa shape index (κ2) is 5.36. The zero-order valence-electron chi connectivity index (χ0n) is 8.47. The number of hydrogen-bond donors (Lipinski definition) is 1. The van der Waals surface area contributed by atoms with Crippen LogP contribution in [-0.2, 0) is 16.0 Å². The summed E-state index contributed by atoms with van der Waals surface area (Å²) in [6.07, 6.45) is 0.0216. The Bertz CT molecular complexity index is 389. The smallest absolute Gasteiger partial charge is 0.322 e. The number of halogens is 3. The van der Waals surface area contributed by atoms with Crippen molar-refractivity contribution in [3.8, 4) is 0 Å². The highest BCUT2D eigenvalue weighted by atomic mass is 79.9. The zero-order chi connectivity index (χ0) is 12.3. The summed E-state index contributed by atoms with van der Waals surface area (Å²) in [4.78, 5) is 11.0. The third-order valence-electron chi connectivity index (χ3n) is 2.00. The van der Waals surface area contributed by atoms with Crippen LogP contribution >= 0.6 is 15.9 Å². The molecule has 0 spiro atoms. The van der Waals surface area contributed by atoms with E-state index in [0.29, 0.717) is 5.56 Å². The molecule has 0 aliphatic heterocycles. The van der Waals surface area contributed by atoms with Crippen molar-refractivity contribution < 1.29 is 18.3 Å². The first kappa shape index (κ1) is 13.1. The largest absolute Gasteiger partial charge is 0.468 e. The fourth-order valence-corrected chi connectivity index (χ4v) is 1.44. The topological polar surface area (TPSA) is 52.3 Å². The standard InChI is InChI=1S/C10H10BrF2NO2/c1-16-10(15)8(14)4-5-2-6(12)9(11)7(13)3-5/h2-3,8H,4,14H2,1H3/t8-/m0/s1. The highest BCUT2D eigenvalue weighted by Gasteiger charge is 2.16. The molecule has 1 aromatic rings. The van der Waals surface area contributed by atoms with Gasteiger partial charge in [-0.2, -0.15) is 0 Å². The molecule has 16 heavy (non-hydrogen) atoms. The second-order valence-corrected chi connectivity index (χ2v) is 4.00. The number of benzene rings is 1. The third kappa shape index (κ3) is 2.99. The Labute approximate surface area is 99.7 Å². The molecule has 0 saturated heterocycles. The van der Waals surface area contributed by atoms with E-state index in [-0.39, 0.29) is 10.9 Å². The molecular formula is C10H10BrF2NO2. The van der Waals surface area contributed by atoms with Crippen LogP contribution in [0.15, 0.2) is 16.6 Å². The first-order valence-electron chi connectivity index (χ1n) is 4.42. The summed E-state index contributed by atoms with van der Waals surface area (Å²) >= 11 is 2.75. The lowest BCUT2D eigenvalue weighted by molar-refractivity contribution is -0.142. The molecule has 1 aromatic carbocycles. The number of carbonyl (C=O) groups excluding carboxylic acids is 1. The molecule has 1 rings (SSSR count). The monoisotopic (exact) mass is 293 g/mol. The Morgan fingerprint density at radius 2 is 2.00 bits per heavy atom. The van der Waals surface area contributed by atoms with Gasteiger partial charge in [-0.3, -0.25) is 4.79 Å². The van der Waals surface area contributed by atoms with E-state index in [1.807, 2.05) is 0 Å². The Kier molecular flexibility index (Phi) is 4.37. The summed E-state index contributed by atoms with van der Waals surface area (Å²) in [5.41, 5.74) is 5.77. The molecule has 0 unspecified atom stereocenters. The molecule has 2 N–H and O–H groups in total. The minimum atomic E-state index is -0.926. The van der Waals surface area contributed by atoms with Gasteiger partial charge >= 0.3 is 5.97 Å². The van der Waals surface area contributed by atoms with Gasteiger partial charge in [0, 0.05) is 0 Å². The second-order valence-electron chi connectivity index (χ2n) is 3.21. The predicted octanol–water partition coefficient (Wildman–Crippen LogP) is 1.77. The molecule has 0 bridgehead atoms. The molecular weight excluding hydrogens is 284 g/mol. The van der Waals surface area contributed by atoms with Gasteiger partial charge < -0.3 is 10.5 Å². The van der Waals surface area contributed by atoms with Gasteiger partial charge in [0.2, 0.25) is 0 Å². The fourth-order valence-electron chi connectivity index (χ4n) is 1.21. The lowest BCUT2D eigenvalue weighted by atomic mass is 10.1. The highest BCUT2D eigenvalue weighted by Crippen LogP contribution is 2.21. The van der Waals surface area contributed by atoms with Crippen LogP contribution in [0.4, 0.5) is 8.78 Å². The van der Waals surface area contributed by atoms with Gasteiger partial charge in [0.15, 0.2) is 0 Å². The van der Waals surface area contributed by atoms with Crippen LogP contribution in [0.25, 0.3) is 0 Å². The minimum absolute atomic E-state index is 0.0216. The van der Waals surface area contributed by atoms with Gasteiger partial charge in [-0.25, -0.2) is 8.78 Å². The van der Waals surface area contributed by atoms with Gasteiger partial charge in [-0.15, -0.1) is 0 Å². The van der Waals surface area contributed by atoms with Crippen LogP contribution < -0.4 is 5.73 Å². The van der Waals surface area contributed by atoms with Gasteiger partial charge in [-0.05, 0) is 40.0 Å². The van der Waals surface area contributed by atoms with E-state index in [0.717, 1.165) is 12.1 Å².